The van der Waals surface area contributed by atoms with Crippen molar-refractivity contribution in [3.8, 4) is 0 Å². The molecule has 10 heteroatoms. The number of aldehydes is 1. The van der Waals surface area contributed by atoms with E-state index in [0.717, 1.165) is 0 Å². The SMILES string of the molecule is Cn1ncc(C=O)c1N=Nc1c(N)nc(N)nc1N. The molecule has 0 saturated heterocycles. The molecule has 6 N–H and O–H groups in total. The predicted octanol–water partition coefficient (Wildman–Crippen LogP) is 0.185. The summed E-state index contributed by atoms with van der Waals surface area (Å²) in [6, 6.07) is 0. The van der Waals surface area contributed by atoms with Gasteiger partial charge in [0.25, 0.3) is 0 Å². The van der Waals surface area contributed by atoms with Crippen molar-refractivity contribution in [3.63, 3.8) is 0 Å². The number of aryl methyl sites for hydroxylation is 1. The quantitative estimate of drug-likeness (QED) is 0.523. The number of hydrogen-bond donors (Lipinski definition) is 3. The number of nitrogen functional groups attached to an aromatic ring is 3. The first-order valence-corrected chi connectivity index (χ1v) is 5.10. The molecule has 10 nitrogen and oxygen atoms in total. The molecule has 0 aliphatic heterocycles. The molecule has 2 rings (SSSR count). The second-order valence-corrected chi connectivity index (χ2v) is 3.57. The fraction of sp³-hybridized carbons (Fsp3) is 0.111. The number of azo groups is 1. The van der Waals surface area contributed by atoms with E-state index in [9.17, 15) is 4.79 Å². The normalized spacial score (nSPS) is 11.0. The third-order valence-corrected chi connectivity index (χ3v) is 2.26. The Labute approximate surface area is 107 Å². The van der Waals surface area contributed by atoms with Crippen molar-refractivity contribution in [2.45, 2.75) is 0 Å². The van der Waals surface area contributed by atoms with Gasteiger partial charge in [-0.3, -0.25) is 4.79 Å². The van der Waals surface area contributed by atoms with Crippen LogP contribution in [0.1, 0.15) is 10.4 Å². The highest BCUT2D eigenvalue weighted by Gasteiger charge is 2.10. The van der Waals surface area contributed by atoms with E-state index in [1.54, 1.807) is 7.05 Å². The molecular weight excluding hydrogens is 250 g/mol. The van der Waals surface area contributed by atoms with E-state index in [0.29, 0.717) is 11.8 Å². The Morgan fingerprint density at radius 2 is 1.84 bits per heavy atom. The molecule has 0 radical (unpaired) electrons. The third kappa shape index (κ3) is 2.31. The van der Waals surface area contributed by atoms with E-state index >= 15 is 0 Å². The molecule has 2 aromatic rings. The zero-order chi connectivity index (χ0) is 14.0. The van der Waals surface area contributed by atoms with Crippen LogP contribution in [0.4, 0.5) is 29.1 Å². The maximum Gasteiger partial charge on any atom is 0.224 e. The van der Waals surface area contributed by atoms with Gasteiger partial charge in [0.2, 0.25) is 5.95 Å². The molecule has 0 fully saturated rings. The van der Waals surface area contributed by atoms with Crippen molar-refractivity contribution in [2.24, 2.45) is 17.3 Å². The second-order valence-electron chi connectivity index (χ2n) is 3.57. The zero-order valence-electron chi connectivity index (χ0n) is 9.98. The number of aromatic nitrogens is 4. The number of hydrogen-bond acceptors (Lipinski definition) is 9. The maximum absolute atomic E-state index is 10.8. The maximum atomic E-state index is 10.8. The van der Waals surface area contributed by atoms with Crippen molar-refractivity contribution in [1.29, 1.82) is 0 Å². The van der Waals surface area contributed by atoms with E-state index in [4.69, 9.17) is 17.2 Å². The van der Waals surface area contributed by atoms with Crippen LogP contribution in [0.3, 0.4) is 0 Å². The fourth-order valence-corrected chi connectivity index (χ4v) is 1.36. The average molecular weight is 261 g/mol. The number of carbonyl (C=O) groups is 1. The molecule has 0 bridgehead atoms. The van der Waals surface area contributed by atoms with Crippen LogP contribution in [0.5, 0.6) is 0 Å². The van der Waals surface area contributed by atoms with E-state index in [1.165, 1.54) is 10.9 Å². The number of rotatable bonds is 3. The molecule has 0 saturated carbocycles. The topological polar surface area (TPSA) is 163 Å². The minimum Gasteiger partial charge on any atom is -0.382 e. The Bertz CT molecular complexity index is 637. The number of nitrogens with zero attached hydrogens (tertiary/aromatic N) is 6. The van der Waals surface area contributed by atoms with Crippen LogP contribution in [-0.4, -0.2) is 26.0 Å². The Hall–Kier alpha value is -3.04. The first-order valence-electron chi connectivity index (χ1n) is 5.10. The summed E-state index contributed by atoms with van der Waals surface area (Å²) >= 11 is 0. The first kappa shape index (κ1) is 12.4. The minimum atomic E-state index is -0.0527. The lowest BCUT2D eigenvalue weighted by molar-refractivity contribution is 0.112. The highest BCUT2D eigenvalue weighted by atomic mass is 16.1. The molecule has 0 amide bonds. The highest BCUT2D eigenvalue weighted by molar-refractivity contribution is 5.81. The van der Waals surface area contributed by atoms with Gasteiger partial charge in [-0.1, -0.05) is 0 Å². The molecule has 0 unspecified atom stereocenters. The van der Waals surface area contributed by atoms with Gasteiger partial charge >= 0.3 is 0 Å². The number of anilines is 3. The summed E-state index contributed by atoms with van der Waals surface area (Å²) in [6.07, 6.45) is 1.99. The summed E-state index contributed by atoms with van der Waals surface area (Å²) in [5.74, 6) is 0.223. The van der Waals surface area contributed by atoms with Crippen molar-refractivity contribution in [3.05, 3.63) is 11.8 Å². The van der Waals surface area contributed by atoms with Crippen molar-refractivity contribution in [1.82, 2.24) is 19.7 Å². The predicted molar refractivity (Wildman–Crippen MR) is 68.0 cm³/mol. The van der Waals surface area contributed by atoms with Crippen LogP contribution in [0.25, 0.3) is 0 Å². The van der Waals surface area contributed by atoms with Gasteiger partial charge < -0.3 is 17.2 Å². The first-order chi connectivity index (χ1) is 9.02. The van der Waals surface area contributed by atoms with Crippen molar-refractivity contribution < 1.29 is 4.79 Å². The van der Waals surface area contributed by atoms with Gasteiger partial charge in [0.15, 0.2) is 29.4 Å². The van der Waals surface area contributed by atoms with Gasteiger partial charge in [0.1, 0.15) is 0 Å². The summed E-state index contributed by atoms with van der Waals surface area (Å²) in [6.45, 7) is 0. The van der Waals surface area contributed by atoms with Crippen LogP contribution in [0.2, 0.25) is 0 Å². The average Bonchev–Trinajstić information content (AvgIpc) is 2.69. The molecular formula is C9H11N9O. The zero-order valence-corrected chi connectivity index (χ0v) is 9.98. The second kappa shape index (κ2) is 4.68. The summed E-state index contributed by atoms with van der Waals surface area (Å²) in [5, 5.41) is 11.6. The van der Waals surface area contributed by atoms with E-state index in [1.807, 2.05) is 0 Å². The summed E-state index contributed by atoms with van der Waals surface area (Å²) in [7, 11) is 1.62. The Balaban J connectivity index is 2.43. The number of carbonyl (C=O) groups excluding carboxylic acids is 1. The van der Waals surface area contributed by atoms with Crippen LogP contribution in [-0.2, 0) is 7.05 Å². The summed E-state index contributed by atoms with van der Waals surface area (Å²) in [5.41, 5.74) is 17.0. The van der Waals surface area contributed by atoms with Gasteiger partial charge in [0, 0.05) is 7.05 Å². The lowest BCUT2D eigenvalue weighted by Gasteiger charge is -2.02. The van der Waals surface area contributed by atoms with Crippen LogP contribution in [0, 0.1) is 0 Å². The van der Waals surface area contributed by atoms with Crippen molar-refractivity contribution in [2.75, 3.05) is 17.2 Å². The molecule has 2 heterocycles. The highest BCUT2D eigenvalue weighted by Crippen LogP contribution is 2.29. The molecule has 19 heavy (non-hydrogen) atoms. The van der Waals surface area contributed by atoms with Gasteiger partial charge in [0.05, 0.1) is 11.8 Å². The fourth-order valence-electron chi connectivity index (χ4n) is 1.36. The molecule has 0 aromatic carbocycles. The minimum absolute atomic E-state index is 0.00331. The van der Waals surface area contributed by atoms with E-state index in [2.05, 4.69) is 25.3 Å². The lowest BCUT2D eigenvalue weighted by Crippen LogP contribution is -2.03. The number of nitrogens with two attached hydrogens (primary N) is 3. The van der Waals surface area contributed by atoms with Crippen LogP contribution < -0.4 is 17.2 Å². The molecule has 2 aromatic heterocycles. The van der Waals surface area contributed by atoms with Crippen LogP contribution >= 0.6 is 0 Å². The van der Waals surface area contributed by atoms with E-state index < -0.39 is 0 Å². The lowest BCUT2D eigenvalue weighted by atomic mass is 10.4. The molecule has 0 aliphatic rings. The van der Waals surface area contributed by atoms with Gasteiger partial charge in [-0.05, 0) is 0 Å². The monoisotopic (exact) mass is 261 g/mol. The van der Waals surface area contributed by atoms with Gasteiger partial charge in [-0.15, -0.1) is 10.2 Å². The summed E-state index contributed by atoms with van der Waals surface area (Å²) < 4.78 is 1.39. The van der Waals surface area contributed by atoms with Crippen molar-refractivity contribution >= 4 is 35.4 Å². The standard InChI is InChI=1S/C9H11N9O/c1-18-8(4(3-19)2-13-18)17-16-5-6(10)14-9(12)15-7(5)11/h2-3H,1H3,(H6,10,11,12,14,15). The third-order valence-electron chi connectivity index (χ3n) is 2.26. The molecule has 0 atom stereocenters. The smallest absolute Gasteiger partial charge is 0.224 e. The van der Waals surface area contributed by atoms with Gasteiger partial charge in [-0.2, -0.15) is 15.1 Å². The van der Waals surface area contributed by atoms with Crippen LogP contribution in [0.15, 0.2) is 16.4 Å². The Kier molecular flexibility index (Phi) is 3.06. The molecule has 98 valence electrons. The molecule has 0 aliphatic carbocycles. The molecule has 0 spiro atoms. The van der Waals surface area contributed by atoms with E-state index in [-0.39, 0.29) is 29.1 Å². The summed E-state index contributed by atoms with van der Waals surface area (Å²) in [4.78, 5) is 18.2. The van der Waals surface area contributed by atoms with Gasteiger partial charge in [-0.25, -0.2) is 4.68 Å². The Morgan fingerprint density at radius 3 is 2.42 bits per heavy atom. The largest absolute Gasteiger partial charge is 0.382 e. The Morgan fingerprint density at radius 1 is 1.21 bits per heavy atom.